The van der Waals surface area contributed by atoms with E-state index in [9.17, 15) is 18.3 Å². The Labute approximate surface area is 145 Å². The van der Waals surface area contributed by atoms with Gasteiger partial charge in [0.2, 0.25) is 15.9 Å². The number of hydrogen-bond donors (Lipinski definition) is 1. The zero-order chi connectivity index (χ0) is 18.0. The van der Waals surface area contributed by atoms with Crippen molar-refractivity contribution in [2.45, 2.75) is 17.7 Å². The summed E-state index contributed by atoms with van der Waals surface area (Å²) in [6.45, 7) is 0.915. The molecule has 1 aromatic heterocycles. The molecule has 2 heterocycles. The minimum absolute atomic E-state index is 0.0138. The molecule has 2 aromatic rings. The maximum absolute atomic E-state index is 12.8. The van der Waals surface area contributed by atoms with E-state index in [2.05, 4.69) is 4.98 Å². The van der Waals surface area contributed by atoms with E-state index in [1.807, 2.05) is 0 Å². The number of aromatic carboxylic acids is 1. The Kier molecular flexibility index (Phi) is 4.73. The minimum atomic E-state index is -3.71. The van der Waals surface area contributed by atoms with Gasteiger partial charge in [0.05, 0.1) is 17.6 Å². The van der Waals surface area contributed by atoms with Crippen LogP contribution in [0.25, 0.3) is 11.1 Å². The van der Waals surface area contributed by atoms with Crippen molar-refractivity contribution in [3.63, 3.8) is 0 Å². The third-order valence-corrected chi connectivity index (χ3v) is 6.01. The molecule has 0 amide bonds. The number of rotatable bonds is 5. The highest BCUT2D eigenvalue weighted by Gasteiger charge is 2.28. The van der Waals surface area contributed by atoms with Crippen molar-refractivity contribution in [2.24, 2.45) is 0 Å². The summed E-state index contributed by atoms with van der Waals surface area (Å²) in [5, 5.41) is 9.35. The van der Waals surface area contributed by atoms with E-state index >= 15 is 0 Å². The lowest BCUT2D eigenvalue weighted by Gasteiger charge is -2.17. The quantitative estimate of drug-likeness (QED) is 0.876. The zero-order valence-electron chi connectivity index (χ0n) is 13.7. The molecule has 1 saturated heterocycles. The van der Waals surface area contributed by atoms with E-state index in [1.165, 1.54) is 35.8 Å². The van der Waals surface area contributed by atoms with Crippen LogP contribution in [0.5, 0.6) is 5.88 Å². The molecule has 25 heavy (non-hydrogen) atoms. The number of carbonyl (C=O) groups is 1. The average molecular weight is 362 g/mol. The van der Waals surface area contributed by atoms with Crippen LogP contribution in [-0.2, 0) is 10.0 Å². The molecule has 0 unspecified atom stereocenters. The van der Waals surface area contributed by atoms with E-state index in [1.54, 1.807) is 12.1 Å². The predicted molar refractivity (Wildman–Crippen MR) is 91.2 cm³/mol. The fourth-order valence-electron chi connectivity index (χ4n) is 2.79. The van der Waals surface area contributed by atoms with Crippen LogP contribution < -0.4 is 4.74 Å². The molecule has 1 N–H and O–H groups in total. The van der Waals surface area contributed by atoms with Crippen molar-refractivity contribution >= 4 is 16.0 Å². The third-order valence-electron chi connectivity index (χ3n) is 4.14. The minimum Gasteiger partial charge on any atom is -0.481 e. The van der Waals surface area contributed by atoms with Crippen LogP contribution in [0, 0.1) is 0 Å². The molecule has 0 aliphatic carbocycles. The zero-order valence-corrected chi connectivity index (χ0v) is 14.5. The lowest BCUT2D eigenvalue weighted by molar-refractivity contribution is 0.0696. The molecule has 1 fully saturated rings. The highest BCUT2D eigenvalue weighted by Crippen LogP contribution is 2.28. The Morgan fingerprint density at radius 2 is 1.88 bits per heavy atom. The van der Waals surface area contributed by atoms with Crippen LogP contribution in [0.4, 0.5) is 0 Å². The molecule has 8 heteroatoms. The van der Waals surface area contributed by atoms with Crippen LogP contribution in [0.3, 0.4) is 0 Å². The smallest absolute Gasteiger partial charge is 0.335 e. The normalized spacial score (nSPS) is 15.2. The summed E-state index contributed by atoms with van der Waals surface area (Å²) in [5.74, 6) is -0.760. The summed E-state index contributed by atoms with van der Waals surface area (Å²) in [6.07, 6.45) is 3.15. The second kappa shape index (κ2) is 6.81. The molecule has 0 saturated carbocycles. The monoisotopic (exact) mass is 362 g/mol. The lowest BCUT2D eigenvalue weighted by Crippen LogP contribution is -2.28. The first kappa shape index (κ1) is 17.4. The fourth-order valence-corrected chi connectivity index (χ4v) is 4.38. The highest BCUT2D eigenvalue weighted by molar-refractivity contribution is 7.89. The van der Waals surface area contributed by atoms with Crippen LogP contribution in [0.1, 0.15) is 23.2 Å². The van der Waals surface area contributed by atoms with Crippen molar-refractivity contribution in [3.8, 4) is 17.0 Å². The SMILES string of the molecule is COc1ccc(-c2cc(C(=O)O)cc(S(=O)(=O)N3CCCC3)c2)cn1. The molecule has 1 aliphatic rings. The Morgan fingerprint density at radius 3 is 2.44 bits per heavy atom. The van der Waals surface area contributed by atoms with Gasteiger partial charge in [0, 0.05) is 30.9 Å². The Balaban J connectivity index is 2.10. The van der Waals surface area contributed by atoms with E-state index in [4.69, 9.17) is 4.74 Å². The molecule has 0 radical (unpaired) electrons. The molecule has 0 atom stereocenters. The van der Waals surface area contributed by atoms with Crippen molar-refractivity contribution in [3.05, 3.63) is 42.1 Å². The van der Waals surface area contributed by atoms with Gasteiger partial charge in [0.25, 0.3) is 0 Å². The van der Waals surface area contributed by atoms with Gasteiger partial charge in [0.1, 0.15) is 0 Å². The third kappa shape index (κ3) is 3.49. The van der Waals surface area contributed by atoms with Crippen LogP contribution in [0.15, 0.2) is 41.4 Å². The number of nitrogens with zero attached hydrogens (tertiary/aromatic N) is 2. The Hall–Kier alpha value is -2.45. The maximum Gasteiger partial charge on any atom is 0.335 e. The Morgan fingerprint density at radius 1 is 1.16 bits per heavy atom. The van der Waals surface area contributed by atoms with Crippen molar-refractivity contribution in [1.82, 2.24) is 9.29 Å². The van der Waals surface area contributed by atoms with E-state index in [-0.39, 0.29) is 10.5 Å². The van der Waals surface area contributed by atoms with Gasteiger partial charge < -0.3 is 9.84 Å². The summed E-state index contributed by atoms with van der Waals surface area (Å²) in [4.78, 5) is 15.5. The van der Waals surface area contributed by atoms with E-state index in [0.29, 0.717) is 30.1 Å². The molecule has 1 aromatic carbocycles. The number of ether oxygens (including phenoxy) is 1. The Bertz CT molecular complexity index is 888. The van der Waals surface area contributed by atoms with Gasteiger partial charge in [-0.2, -0.15) is 4.31 Å². The maximum atomic E-state index is 12.8. The molecule has 0 spiro atoms. The van der Waals surface area contributed by atoms with Crippen molar-refractivity contribution < 1.29 is 23.1 Å². The number of benzene rings is 1. The number of aromatic nitrogens is 1. The van der Waals surface area contributed by atoms with E-state index in [0.717, 1.165) is 12.8 Å². The standard InChI is InChI=1S/C17H18N2O5S/c1-24-16-5-4-12(11-18-16)13-8-14(17(20)21)10-15(9-13)25(22,23)19-6-2-3-7-19/h4-5,8-11H,2-3,6-7H2,1H3,(H,20,21). The van der Waals surface area contributed by atoms with Gasteiger partial charge in [-0.15, -0.1) is 0 Å². The first-order valence-electron chi connectivity index (χ1n) is 7.81. The summed E-state index contributed by atoms with van der Waals surface area (Å²) in [7, 11) is -2.22. The first-order chi connectivity index (χ1) is 11.9. The summed E-state index contributed by atoms with van der Waals surface area (Å²) in [6, 6.07) is 7.48. The van der Waals surface area contributed by atoms with Crippen molar-refractivity contribution in [2.75, 3.05) is 20.2 Å². The van der Waals surface area contributed by atoms with E-state index < -0.39 is 16.0 Å². The molecule has 132 valence electrons. The largest absolute Gasteiger partial charge is 0.481 e. The van der Waals surface area contributed by atoms with Crippen LogP contribution in [-0.4, -0.2) is 49.0 Å². The molecule has 0 bridgehead atoms. The van der Waals surface area contributed by atoms with Crippen molar-refractivity contribution in [1.29, 1.82) is 0 Å². The highest BCUT2D eigenvalue weighted by atomic mass is 32.2. The predicted octanol–water partition coefficient (Wildman–Crippen LogP) is 2.24. The number of hydrogen-bond acceptors (Lipinski definition) is 5. The number of carboxylic acids is 1. The number of pyridine rings is 1. The van der Waals surface area contributed by atoms with Gasteiger partial charge in [0.15, 0.2) is 0 Å². The summed E-state index contributed by atoms with van der Waals surface area (Å²) < 4.78 is 32.0. The lowest BCUT2D eigenvalue weighted by atomic mass is 10.0. The number of sulfonamides is 1. The molecule has 1 aliphatic heterocycles. The number of carboxylic acid groups (broad SMARTS) is 1. The first-order valence-corrected chi connectivity index (χ1v) is 9.25. The second-order valence-corrected chi connectivity index (χ2v) is 7.69. The molecular formula is C17H18N2O5S. The molecular weight excluding hydrogens is 344 g/mol. The van der Waals surface area contributed by atoms with Gasteiger partial charge in [-0.25, -0.2) is 18.2 Å². The molecule has 3 rings (SSSR count). The second-order valence-electron chi connectivity index (χ2n) is 5.75. The van der Waals surface area contributed by atoms with Gasteiger partial charge in [-0.3, -0.25) is 0 Å². The van der Waals surface area contributed by atoms with Gasteiger partial charge >= 0.3 is 5.97 Å². The van der Waals surface area contributed by atoms with Crippen LogP contribution in [0.2, 0.25) is 0 Å². The molecule has 7 nitrogen and oxygen atoms in total. The summed E-state index contributed by atoms with van der Waals surface area (Å²) >= 11 is 0. The van der Waals surface area contributed by atoms with Gasteiger partial charge in [-0.05, 0) is 42.7 Å². The average Bonchev–Trinajstić information content (AvgIpc) is 3.17. The number of methoxy groups -OCH3 is 1. The summed E-state index contributed by atoms with van der Waals surface area (Å²) in [5.41, 5.74) is 1.01. The fraction of sp³-hybridized carbons (Fsp3) is 0.294. The van der Waals surface area contributed by atoms with Gasteiger partial charge in [-0.1, -0.05) is 0 Å². The topological polar surface area (TPSA) is 96.8 Å². The van der Waals surface area contributed by atoms with Crippen LogP contribution >= 0.6 is 0 Å².